The number of rotatable bonds is 10. The van der Waals surface area contributed by atoms with Gasteiger partial charge < -0.3 is 10.6 Å². The molecule has 0 aromatic heterocycles. The molecule has 4 aromatic rings. The number of carbonyl (C=O) groups is 2. The molecule has 0 fully saturated rings. The highest BCUT2D eigenvalue weighted by Crippen LogP contribution is 2.34. The summed E-state index contributed by atoms with van der Waals surface area (Å²) in [5.41, 5.74) is 2.32. The first-order valence-corrected chi connectivity index (χ1v) is 13.7. The quantitative estimate of drug-likeness (QED) is 0.196. The van der Waals surface area contributed by atoms with E-state index in [4.69, 9.17) is 0 Å². The third-order valence-electron chi connectivity index (χ3n) is 6.36. The molecular weight excluding hydrogens is 592 g/mol. The Balaban J connectivity index is 1.73. The summed E-state index contributed by atoms with van der Waals surface area (Å²) in [5, 5.41) is 6.14. The van der Waals surface area contributed by atoms with E-state index < -0.39 is 5.41 Å². The highest BCUT2D eigenvalue weighted by Gasteiger charge is 2.46. The van der Waals surface area contributed by atoms with Crippen molar-refractivity contribution < 1.29 is 9.59 Å². The molecule has 2 N–H and O–H groups in total. The van der Waals surface area contributed by atoms with E-state index in [1.165, 1.54) is 0 Å². The summed E-state index contributed by atoms with van der Waals surface area (Å²) in [4.78, 5) is 28.2. The molecule has 6 heteroatoms. The fourth-order valence-corrected chi connectivity index (χ4v) is 5.17. The third kappa shape index (κ3) is 6.96. The molecule has 188 valence electrons. The summed E-state index contributed by atoms with van der Waals surface area (Å²) in [6.45, 7) is 0.665. The molecule has 0 unspecified atom stereocenters. The van der Waals surface area contributed by atoms with Crippen molar-refractivity contribution in [2.45, 2.75) is 25.9 Å². The summed E-state index contributed by atoms with van der Waals surface area (Å²) in [5.74, 6) is -0.623. The van der Waals surface area contributed by atoms with Crippen LogP contribution in [0.25, 0.3) is 0 Å². The van der Waals surface area contributed by atoms with E-state index in [2.05, 4.69) is 42.5 Å². The molecule has 0 atom stereocenters. The largest absolute Gasteiger partial charge is 0.351 e. The minimum atomic E-state index is -1.39. The average molecular weight is 620 g/mol. The molecule has 0 aliphatic heterocycles. The van der Waals surface area contributed by atoms with Crippen LogP contribution >= 0.6 is 31.9 Å². The molecule has 0 aliphatic carbocycles. The maximum atomic E-state index is 14.1. The van der Waals surface area contributed by atoms with Gasteiger partial charge in [-0.2, -0.15) is 0 Å². The molecule has 4 aromatic carbocycles. The Labute approximate surface area is 234 Å². The minimum absolute atomic E-state index is 0.233. The van der Waals surface area contributed by atoms with Gasteiger partial charge in [0.05, 0.1) is 0 Å². The summed E-state index contributed by atoms with van der Waals surface area (Å²) < 4.78 is 1.72. The van der Waals surface area contributed by atoms with E-state index in [-0.39, 0.29) is 24.7 Å². The van der Waals surface area contributed by atoms with Crippen LogP contribution in [0, 0.1) is 5.41 Å². The minimum Gasteiger partial charge on any atom is -0.351 e. The fraction of sp³-hybridized carbons (Fsp3) is 0.161. The zero-order valence-electron chi connectivity index (χ0n) is 20.3. The Morgan fingerprint density at radius 1 is 0.541 bits per heavy atom. The second-order valence-corrected chi connectivity index (χ2v) is 10.7. The lowest BCUT2D eigenvalue weighted by Gasteiger charge is -2.32. The van der Waals surface area contributed by atoms with E-state index in [9.17, 15) is 9.59 Å². The van der Waals surface area contributed by atoms with Gasteiger partial charge in [-0.15, -0.1) is 0 Å². The molecule has 0 aliphatic rings. The number of benzene rings is 4. The van der Waals surface area contributed by atoms with Gasteiger partial charge >= 0.3 is 0 Å². The van der Waals surface area contributed by atoms with Gasteiger partial charge in [0, 0.05) is 22.0 Å². The van der Waals surface area contributed by atoms with E-state index >= 15 is 0 Å². The van der Waals surface area contributed by atoms with Crippen molar-refractivity contribution in [3.05, 3.63) is 140 Å². The average Bonchev–Trinajstić information content (AvgIpc) is 2.93. The van der Waals surface area contributed by atoms with Gasteiger partial charge in [0.2, 0.25) is 11.8 Å². The van der Waals surface area contributed by atoms with E-state index in [1.807, 2.05) is 109 Å². The van der Waals surface area contributed by atoms with Crippen molar-refractivity contribution in [1.82, 2.24) is 10.6 Å². The molecule has 0 spiro atoms. The summed E-state index contributed by atoms with van der Waals surface area (Å²) >= 11 is 7.25. The molecule has 4 nitrogen and oxygen atoms in total. The molecule has 0 radical (unpaired) electrons. The zero-order chi connectivity index (χ0) is 26.1. The molecular formula is C31H28Br2N2O2. The first-order chi connectivity index (χ1) is 18.0. The first-order valence-electron chi connectivity index (χ1n) is 12.1. The SMILES string of the molecule is O=C(NCc1ccccc1)C(Cc1ccccc1Br)(Cc1ccccc1Br)C(=O)NCc1ccccc1. The monoisotopic (exact) mass is 618 g/mol. The van der Waals surface area contributed by atoms with Gasteiger partial charge in [-0.1, -0.05) is 129 Å². The van der Waals surface area contributed by atoms with Crippen molar-refractivity contribution in [3.8, 4) is 0 Å². The number of nitrogens with one attached hydrogen (secondary N) is 2. The number of amides is 2. The van der Waals surface area contributed by atoms with E-state index in [0.717, 1.165) is 31.2 Å². The molecule has 37 heavy (non-hydrogen) atoms. The smallest absolute Gasteiger partial charge is 0.236 e. The van der Waals surface area contributed by atoms with Crippen molar-refractivity contribution in [2.24, 2.45) is 5.41 Å². The summed E-state index contributed by atoms with van der Waals surface area (Å²) in [6.07, 6.45) is 0.466. The van der Waals surface area contributed by atoms with Gasteiger partial charge in [-0.3, -0.25) is 9.59 Å². The highest BCUT2D eigenvalue weighted by molar-refractivity contribution is 9.10. The highest BCUT2D eigenvalue weighted by atomic mass is 79.9. The first kappa shape index (κ1) is 26.8. The molecule has 2 amide bonds. The van der Waals surface area contributed by atoms with Crippen molar-refractivity contribution in [3.63, 3.8) is 0 Å². The molecule has 0 saturated carbocycles. The van der Waals surface area contributed by atoms with Crippen molar-refractivity contribution in [1.29, 1.82) is 0 Å². The lowest BCUT2D eigenvalue weighted by atomic mass is 9.74. The van der Waals surface area contributed by atoms with Gasteiger partial charge in [-0.05, 0) is 47.2 Å². The maximum absolute atomic E-state index is 14.1. The molecule has 0 heterocycles. The van der Waals surface area contributed by atoms with Crippen LogP contribution in [-0.2, 0) is 35.5 Å². The Bertz CT molecular complexity index is 1240. The number of hydrogen-bond acceptors (Lipinski definition) is 2. The van der Waals surface area contributed by atoms with Crippen LogP contribution in [0.3, 0.4) is 0 Å². The van der Waals surface area contributed by atoms with Crippen LogP contribution in [0.1, 0.15) is 22.3 Å². The predicted molar refractivity (Wildman–Crippen MR) is 155 cm³/mol. The Kier molecular flexibility index (Phi) is 9.31. The number of hydrogen-bond donors (Lipinski definition) is 2. The number of halogens is 2. The lowest BCUT2D eigenvalue weighted by molar-refractivity contribution is -0.144. The van der Waals surface area contributed by atoms with Crippen LogP contribution in [0.2, 0.25) is 0 Å². The molecule has 4 rings (SSSR count). The van der Waals surface area contributed by atoms with E-state index in [0.29, 0.717) is 13.1 Å². The van der Waals surface area contributed by atoms with Crippen LogP contribution in [0.5, 0.6) is 0 Å². The second kappa shape index (κ2) is 12.8. The van der Waals surface area contributed by atoms with Crippen molar-refractivity contribution in [2.75, 3.05) is 0 Å². The van der Waals surface area contributed by atoms with E-state index in [1.54, 1.807) is 0 Å². The van der Waals surface area contributed by atoms with Gasteiger partial charge in [0.15, 0.2) is 0 Å². The Hall–Kier alpha value is -3.22. The second-order valence-electron chi connectivity index (χ2n) is 8.96. The maximum Gasteiger partial charge on any atom is 0.236 e. The van der Waals surface area contributed by atoms with Crippen LogP contribution < -0.4 is 10.6 Å². The topological polar surface area (TPSA) is 58.2 Å². The van der Waals surface area contributed by atoms with Crippen molar-refractivity contribution >= 4 is 43.7 Å². The standard InChI is InChI=1S/C31H28Br2N2O2/c32-27-17-9-7-15-25(27)19-31(20-26-16-8-10-18-28(26)33,29(36)34-21-23-11-3-1-4-12-23)30(37)35-22-24-13-5-2-6-14-24/h1-18H,19-22H2,(H,34,36)(H,35,37). The van der Waals surface area contributed by atoms with Gasteiger partial charge in [0.1, 0.15) is 5.41 Å². The third-order valence-corrected chi connectivity index (χ3v) is 7.91. The number of carbonyl (C=O) groups excluding carboxylic acids is 2. The molecule has 0 bridgehead atoms. The Morgan fingerprint density at radius 3 is 1.27 bits per heavy atom. The normalized spacial score (nSPS) is 11.1. The fourth-order valence-electron chi connectivity index (χ4n) is 4.32. The Morgan fingerprint density at radius 2 is 0.892 bits per heavy atom. The summed E-state index contributed by atoms with van der Waals surface area (Å²) in [7, 11) is 0. The van der Waals surface area contributed by atoms with Crippen LogP contribution in [0.15, 0.2) is 118 Å². The van der Waals surface area contributed by atoms with Gasteiger partial charge in [-0.25, -0.2) is 0 Å². The van der Waals surface area contributed by atoms with Crippen LogP contribution in [0.4, 0.5) is 0 Å². The van der Waals surface area contributed by atoms with Gasteiger partial charge in [0.25, 0.3) is 0 Å². The summed E-state index contributed by atoms with van der Waals surface area (Å²) in [6, 6.07) is 34.9. The zero-order valence-corrected chi connectivity index (χ0v) is 23.5. The molecule has 0 saturated heterocycles. The lowest BCUT2D eigenvalue weighted by Crippen LogP contribution is -2.54. The van der Waals surface area contributed by atoms with Crippen LogP contribution in [-0.4, -0.2) is 11.8 Å². The predicted octanol–water partition coefficient (Wildman–Crippen LogP) is 6.62.